The van der Waals surface area contributed by atoms with Crippen molar-refractivity contribution in [3.05, 3.63) is 58.4 Å². The van der Waals surface area contributed by atoms with Gasteiger partial charge in [-0.15, -0.1) is 0 Å². The molecule has 6 heteroatoms. The van der Waals surface area contributed by atoms with Crippen LogP contribution in [0.5, 0.6) is 0 Å². The Balaban J connectivity index is 2.51. The Morgan fingerprint density at radius 3 is 2.42 bits per heavy atom. The second-order valence-electron chi connectivity index (χ2n) is 3.83. The highest BCUT2D eigenvalue weighted by atomic mass is 35.5. The second-order valence-corrected chi connectivity index (χ2v) is 4.27. The molecule has 0 bridgehead atoms. The quantitative estimate of drug-likeness (QED) is 0.866. The van der Waals surface area contributed by atoms with Crippen LogP contribution in [-0.4, -0.2) is 27.6 Å². The number of hydrogen-bond acceptors (Lipinski definition) is 4. The minimum atomic E-state index is -1.15. The van der Waals surface area contributed by atoms with Gasteiger partial charge in [0.2, 0.25) is 0 Å². The van der Waals surface area contributed by atoms with Gasteiger partial charge in [-0.1, -0.05) is 23.7 Å². The van der Waals surface area contributed by atoms with E-state index in [1.807, 2.05) is 0 Å². The van der Waals surface area contributed by atoms with E-state index in [0.29, 0.717) is 22.4 Å². The fourth-order valence-electron chi connectivity index (χ4n) is 1.76. The average molecular weight is 277 g/mol. The van der Waals surface area contributed by atoms with Crippen LogP contribution in [0.25, 0.3) is 0 Å². The van der Waals surface area contributed by atoms with Gasteiger partial charge in [-0.2, -0.15) is 10.2 Å². The van der Waals surface area contributed by atoms with E-state index in [0.717, 1.165) is 6.20 Å². The summed E-state index contributed by atoms with van der Waals surface area (Å²) in [6.45, 7) is 0. The Hall–Kier alpha value is -2.27. The monoisotopic (exact) mass is 276 g/mol. The number of rotatable bonds is 4. The van der Waals surface area contributed by atoms with E-state index in [1.54, 1.807) is 24.3 Å². The fourth-order valence-corrected chi connectivity index (χ4v) is 1.88. The van der Waals surface area contributed by atoms with Gasteiger partial charge in [0.25, 0.3) is 0 Å². The SMILES string of the molecule is O=CC(c1ccc(Cl)cc1)c1cnncc1C(=O)O. The van der Waals surface area contributed by atoms with Crippen LogP contribution in [0.3, 0.4) is 0 Å². The van der Waals surface area contributed by atoms with Gasteiger partial charge < -0.3 is 9.90 Å². The van der Waals surface area contributed by atoms with Crippen LogP contribution < -0.4 is 0 Å². The van der Waals surface area contributed by atoms with Crippen molar-refractivity contribution >= 4 is 23.9 Å². The van der Waals surface area contributed by atoms with E-state index < -0.39 is 11.9 Å². The van der Waals surface area contributed by atoms with Crippen molar-refractivity contribution in [2.24, 2.45) is 0 Å². The molecule has 0 fully saturated rings. The number of aromatic nitrogens is 2. The summed E-state index contributed by atoms with van der Waals surface area (Å²) < 4.78 is 0. The maximum atomic E-state index is 11.3. The van der Waals surface area contributed by atoms with E-state index in [9.17, 15) is 9.59 Å². The summed E-state index contributed by atoms with van der Waals surface area (Å²) in [5.74, 6) is -1.86. The lowest BCUT2D eigenvalue weighted by Crippen LogP contribution is -2.11. The third-order valence-electron chi connectivity index (χ3n) is 2.69. The molecule has 0 spiro atoms. The van der Waals surface area contributed by atoms with Gasteiger partial charge in [-0.25, -0.2) is 4.79 Å². The Kier molecular flexibility index (Phi) is 3.87. The highest BCUT2D eigenvalue weighted by Crippen LogP contribution is 2.25. The Labute approximate surface area is 113 Å². The number of benzene rings is 1. The van der Waals surface area contributed by atoms with Crippen molar-refractivity contribution in [3.63, 3.8) is 0 Å². The zero-order valence-corrected chi connectivity index (χ0v) is 10.4. The molecule has 0 saturated heterocycles. The van der Waals surface area contributed by atoms with E-state index in [2.05, 4.69) is 10.2 Å². The maximum Gasteiger partial charge on any atom is 0.337 e. The van der Waals surface area contributed by atoms with Crippen LogP contribution in [-0.2, 0) is 4.79 Å². The summed E-state index contributed by atoms with van der Waals surface area (Å²) in [6, 6.07) is 6.63. The molecule has 0 radical (unpaired) electrons. The summed E-state index contributed by atoms with van der Waals surface area (Å²) in [4.78, 5) is 22.4. The lowest BCUT2D eigenvalue weighted by Gasteiger charge is -2.12. The number of aldehydes is 1. The molecular weight excluding hydrogens is 268 g/mol. The first-order valence-electron chi connectivity index (χ1n) is 5.38. The Morgan fingerprint density at radius 2 is 1.84 bits per heavy atom. The van der Waals surface area contributed by atoms with Gasteiger partial charge in [-0.05, 0) is 17.7 Å². The van der Waals surface area contributed by atoms with Crippen LogP contribution in [0.1, 0.15) is 27.4 Å². The van der Waals surface area contributed by atoms with Crippen molar-refractivity contribution < 1.29 is 14.7 Å². The first kappa shape index (κ1) is 13.2. The number of carbonyl (C=O) groups is 2. The van der Waals surface area contributed by atoms with Crippen LogP contribution in [0, 0.1) is 0 Å². The second kappa shape index (κ2) is 5.58. The number of halogens is 1. The molecule has 1 heterocycles. The minimum Gasteiger partial charge on any atom is -0.478 e. The number of hydrogen-bond donors (Lipinski definition) is 1. The van der Waals surface area contributed by atoms with Gasteiger partial charge in [0, 0.05) is 10.6 Å². The molecule has 1 atom stereocenters. The van der Waals surface area contributed by atoms with Gasteiger partial charge in [0.15, 0.2) is 0 Å². The largest absolute Gasteiger partial charge is 0.478 e. The van der Waals surface area contributed by atoms with Gasteiger partial charge in [0.1, 0.15) is 6.29 Å². The highest BCUT2D eigenvalue weighted by Gasteiger charge is 2.20. The van der Waals surface area contributed by atoms with E-state index >= 15 is 0 Å². The number of carbonyl (C=O) groups excluding carboxylic acids is 1. The lowest BCUT2D eigenvalue weighted by molar-refractivity contribution is -0.108. The first-order valence-corrected chi connectivity index (χ1v) is 5.76. The topological polar surface area (TPSA) is 80.2 Å². The van der Waals surface area contributed by atoms with Crippen molar-refractivity contribution in [2.75, 3.05) is 0 Å². The standard InChI is InChI=1S/C13H9ClN2O3/c14-9-3-1-8(2-4-9)12(7-17)10-5-15-16-6-11(10)13(18)19/h1-7,12H,(H,18,19). The molecule has 0 aliphatic carbocycles. The minimum absolute atomic E-state index is 0.0398. The summed E-state index contributed by atoms with van der Waals surface area (Å²) in [6.07, 6.45) is 3.09. The molecule has 96 valence electrons. The molecule has 1 unspecified atom stereocenters. The number of carboxylic acids is 1. The summed E-state index contributed by atoms with van der Waals surface area (Å²) >= 11 is 5.78. The van der Waals surface area contributed by atoms with E-state index in [1.165, 1.54) is 6.20 Å². The zero-order chi connectivity index (χ0) is 13.8. The van der Waals surface area contributed by atoms with Crippen molar-refractivity contribution in [1.29, 1.82) is 0 Å². The molecule has 1 N–H and O–H groups in total. The lowest BCUT2D eigenvalue weighted by atomic mass is 9.91. The van der Waals surface area contributed by atoms with Crippen LogP contribution >= 0.6 is 11.6 Å². The molecular formula is C13H9ClN2O3. The average Bonchev–Trinajstić information content (AvgIpc) is 2.42. The molecule has 2 rings (SSSR count). The van der Waals surface area contributed by atoms with Gasteiger partial charge in [-0.3, -0.25) is 0 Å². The summed E-state index contributed by atoms with van der Waals surface area (Å²) in [5, 5.41) is 16.8. The Morgan fingerprint density at radius 1 is 1.21 bits per heavy atom. The highest BCUT2D eigenvalue weighted by molar-refractivity contribution is 6.30. The number of carboxylic acid groups (broad SMARTS) is 1. The van der Waals surface area contributed by atoms with Crippen molar-refractivity contribution in [1.82, 2.24) is 10.2 Å². The van der Waals surface area contributed by atoms with Gasteiger partial charge >= 0.3 is 5.97 Å². The molecule has 1 aromatic carbocycles. The molecule has 0 amide bonds. The van der Waals surface area contributed by atoms with Crippen LogP contribution in [0.4, 0.5) is 0 Å². The molecule has 19 heavy (non-hydrogen) atoms. The fraction of sp³-hybridized carbons (Fsp3) is 0.0769. The van der Waals surface area contributed by atoms with Gasteiger partial charge in [0.05, 0.1) is 23.9 Å². The molecule has 1 aromatic heterocycles. The van der Waals surface area contributed by atoms with Crippen LogP contribution in [0.15, 0.2) is 36.7 Å². The molecule has 5 nitrogen and oxygen atoms in total. The summed E-state index contributed by atoms with van der Waals surface area (Å²) in [5.41, 5.74) is 0.914. The zero-order valence-electron chi connectivity index (χ0n) is 9.65. The number of nitrogens with zero attached hydrogens (tertiary/aromatic N) is 2. The third-order valence-corrected chi connectivity index (χ3v) is 2.94. The molecule has 0 aliphatic rings. The first-order chi connectivity index (χ1) is 9.13. The molecule has 2 aromatic rings. The third kappa shape index (κ3) is 2.77. The van der Waals surface area contributed by atoms with E-state index in [4.69, 9.17) is 16.7 Å². The normalized spacial score (nSPS) is 11.8. The predicted molar refractivity (Wildman–Crippen MR) is 68.4 cm³/mol. The maximum absolute atomic E-state index is 11.3. The summed E-state index contributed by atoms with van der Waals surface area (Å²) in [7, 11) is 0. The van der Waals surface area contributed by atoms with Crippen molar-refractivity contribution in [2.45, 2.75) is 5.92 Å². The predicted octanol–water partition coefficient (Wildman–Crippen LogP) is 2.16. The number of aromatic carboxylic acids is 1. The van der Waals surface area contributed by atoms with Crippen molar-refractivity contribution in [3.8, 4) is 0 Å². The smallest absolute Gasteiger partial charge is 0.337 e. The Bertz CT molecular complexity index is 614. The molecule has 0 saturated carbocycles. The van der Waals surface area contributed by atoms with Crippen LogP contribution in [0.2, 0.25) is 5.02 Å². The van der Waals surface area contributed by atoms with E-state index in [-0.39, 0.29) is 5.56 Å². The molecule has 0 aliphatic heterocycles.